The quantitative estimate of drug-likeness (QED) is 0.388. The van der Waals surface area contributed by atoms with Crippen LogP contribution < -0.4 is 5.32 Å². The van der Waals surface area contributed by atoms with Gasteiger partial charge in [0.25, 0.3) is 5.91 Å². The lowest BCUT2D eigenvalue weighted by Gasteiger charge is -2.34. The Bertz CT molecular complexity index is 1010. The number of nitrogens with one attached hydrogen (secondary N) is 1. The molecular weight excluding hydrogens is 471 g/mol. The summed E-state index contributed by atoms with van der Waals surface area (Å²) in [6.07, 6.45) is 6.22. The van der Waals surface area contributed by atoms with Gasteiger partial charge in [0.05, 0.1) is 6.54 Å². The first-order valence-corrected chi connectivity index (χ1v) is 12.0. The molecule has 0 bridgehead atoms. The number of amides is 1. The van der Waals surface area contributed by atoms with Crippen LogP contribution in [0.4, 0.5) is 4.39 Å². The highest BCUT2D eigenvalue weighted by molar-refractivity contribution is 9.10. The fraction of sp³-hybridized carbons (Fsp3) is 0.346. The summed E-state index contributed by atoms with van der Waals surface area (Å²) in [6.45, 7) is 1.85. The van der Waals surface area contributed by atoms with Gasteiger partial charge in [0.2, 0.25) is 0 Å². The van der Waals surface area contributed by atoms with Crippen molar-refractivity contribution >= 4 is 21.8 Å². The Morgan fingerprint density at radius 2 is 1.62 bits per heavy atom. The Morgan fingerprint density at radius 1 is 0.938 bits per heavy atom. The van der Waals surface area contributed by atoms with Crippen LogP contribution in [0.15, 0.2) is 69.6 Å². The average Bonchev–Trinajstić information content (AvgIpc) is 3.29. The lowest BCUT2D eigenvalue weighted by Crippen LogP contribution is -2.35. The molecule has 168 valence electrons. The monoisotopic (exact) mass is 498 g/mol. The first-order chi connectivity index (χ1) is 15.6. The van der Waals surface area contributed by atoms with E-state index >= 15 is 0 Å². The largest absolute Gasteiger partial charge is 0.455 e. The van der Waals surface area contributed by atoms with E-state index in [1.165, 1.54) is 49.8 Å². The minimum Gasteiger partial charge on any atom is -0.455 e. The van der Waals surface area contributed by atoms with Crippen molar-refractivity contribution in [2.24, 2.45) is 0 Å². The number of carbonyl (C=O) groups is 1. The first kappa shape index (κ1) is 22.7. The number of halogens is 2. The summed E-state index contributed by atoms with van der Waals surface area (Å²) in [6, 6.07) is 18.7. The molecule has 0 unspecified atom stereocenters. The van der Waals surface area contributed by atoms with Crippen molar-refractivity contribution in [1.82, 2.24) is 10.2 Å². The van der Waals surface area contributed by atoms with Gasteiger partial charge in [-0.1, -0.05) is 59.5 Å². The van der Waals surface area contributed by atoms with Crippen molar-refractivity contribution in [3.05, 3.63) is 93.6 Å². The summed E-state index contributed by atoms with van der Waals surface area (Å²) in [5.74, 6) is 0.535. The van der Waals surface area contributed by atoms with Crippen molar-refractivity contribution in [3.63, 3.8) is 0 Å². The number of rotatable bonds is 8. The van der Waals surface area contributed by atoms with E-state index in [9.17, 15) is 9.18 Å². The van der Waals surface area contributed by atoms with Gasteiger partial charge in [-0.25, -0.2) is 4.39 Å². The Kier molecular flexibility index (Phi) is 7.76. The molecule has 1 aliphatic rings. The van der Waals surface area contributed by atoms with Gasteiger partial charge >= 0.3 is 0 Å². The molecule has 1 N–H and O–H groups in total. The van der Waals surface area contributed by atoms with Crippen molar-refractivity contribution in [3.8, 4) is 0 Å². The Balaban J connectivity index is 1.40. The molecular formula is C26H28BrFN2O2. The molecule has 1 saturated carbocycles. The van der Waals surface area contributed by atoms with Gasteiger partial charge in [-0.05, 0) is 60.4 Å². The number of benzene rings is 2. The molecule has 0 saturated heterocycles. The van der Waals surface area contributed by atoms with Crippen LogP contribution in [-0.4, -0.2) is 16.8 Å². The molecule has 4 nitrogen and oxygen atoms in total. The second-order valence-corrected chi connectivity index (χ2v) is 9.31. The number of hydrogen-bond acceptors (Lipinski definition) is 3. The Morgan fingerprint density at radius 3 is 2.34 bits per heavy atom. The van der Waals surface area contributed by atoms with Gasteiger partial charge in [0, 0.05) is 23.6 Å². The van der Waals surface area contributed by atoms with Gasteiger partial charge in [-0.2, -0.15) is 0 Å². The minimum atomic E-state index is -0.290. The van der Waals surface area contributed by atoms with E-state index in [1.54, 1.807) is 18.2 Å². The average molecular weight is 499 g/mol. The predicted octanol–water partition coefficient (Wildman–Crippen LogP) is 6.45. The molecule has 3 aromatic rings. The molecule has 1 heterocycles. The lowest BCUT2D eigenvalue weighted by molar-refractivity contribution is 0.0913. The summed E-state index contributed by atoms with van der Waals surface area (Å²) >= 11 is 3.51. The topological polar surface area (TPSA) is 45.5 Å². The first-order valence-electron chi connectivity index (χ1n) is 11.2. The highest BCUT2D eigenvalue weighted by Crippen LogP contribution is 2.26. The van der Waals surface area contributed by atoms with Gasteiger partial charge in [0.15, 0.2) is 5.76 Å². The van der Waals surface area contributed by atoms with Gasteiger partial charge in [-0.15, -0.1) is 0 Å². The van der Waals surface area contributed by atoms with Gasteiger partial charge < -0.3 is 9.73 Å². The van der Waals surface area contributed by atoms with Crippen LogP contribution in [0.25, 0.3) is 0 Å². The van der Waals surface area contributed by atoms with Crippen molar-refractivity contribution in [2.75, 3.05) is 0 Å². The summed E-state index contributed by atoms with van der Waals surface area (Å²) < 4.78 is 20.0. The minimum absolute atomic E-state index is 0.266. The molecule has 0 aliphatic heterocycles. The lowest BCUT2D eigenvalue weighted by atomic mass is 9.93. The van der Waals surface area contributed by atoms with Crippen molar-refractivity contribution in [1.29, 1.82) is 0 Å². The zero-order chi connectivity index (χ0) is 22.3. The number of hydrogen-bond donors (Lipinski definition) is 1. The predicted molar refractivity (Wildman–Crippen MR) is 127 cm³/mol. The number of carbonyl (C=O) groups excluding carboxylic acids is 1. The molecule has 0 atom stereocenters. The smallest absolute Gasteiger partial charge is 0.287 e. The summed E-state index contributed by atoms with van der Waals surface area (Å²) in [5, 5.41) is 2.84. The standard InChI is InChI=1S/C26H28BrFN2O2/c27-21-10-6-20(7-11-21)17-30(23-4-2-1-3-5-23)18-24-14-15-25(32-24)26(31)29-16-19-8-12-22(28)13-9-19/h6-15,23H,1-5,16-18H2,(H,29,31). The van der Waals surface area contributed by atoms with Crippen LogP contribution in [0.1, 0.15) is 59.5 Å². The number of furan rings is 1. The summed E-state index contributed by atoms with van der Waals surface area (Å²) in [4.78, 5) is 15.0. The Hall–Kier alpha value is -2.44. The number of nitrogens with zero attached hydrogens (tertiary/aromatic N) is 1. The van der Waals surface area contributed by atoms with Gasteiger partial charge in [0.1, 0.15) is 11.6 Å². The van der Waals surface area contributed by atoms with E-state index in [0.717, 1.165) is 22.3 Å². The van der Waals surface area contributed by atoms with Crippen LogP contribution in [-0.2, 0) is 19.6 Å². The van der Waals surface area contributed by atoms with Crippen molar-refractivity contribution in [2.45, 2.75) is 57.8 Å². The second kappa shape index (κ2) is 10.9. The van der Waals surface area contributed by atoms with Crippen LogP contribution in [0.5, 0.6) is 0 Å². The summed E-state index contributed by atoms with van der Waals surface area (Å²) in [5.41, 5.74) is 2.10. The SMILES string of the molecule is O=C(NCc1ccc(F)cc1)c1ccc(CN(Cc2ccc(Br)cc2)C2CCCCC2)o1. The molecule has 32 heavy (non-hydrogen) atoms. The van der Waals surface area contributed by atoms with Crippen LogP contribution in [0.2, 0.25) is 0 Å². The maximum Gasteiger partial charge on any atom is 0.287 e. The molecule has 1 fully saturated rings. The van der Waals surface area contributed by atoms with E-state index in [0.29, 0.717) is 24.9 Å². The molecule has 1 aliphatic carbocycles. The summed E-state index contributed by atoms with van der Waals surface area (Å²) in [7, 11) is 0. The van der Waals surface area contributed by atoms with E-state index in [2.05, 4.69) is 50.4 Å². The zero-order valence-corrected chi connectivity index (χ0v) is 19.6. The van der Waals surface area contributed by atoms with Crippen molar-refractivity contribution < 1.29 is 13.6 Å². The fourth-order valence-corrected chi connectivity index (χ4v) is 4.51. The van der Waals surface area contributed by atoms with E-state index < -0.39 is 0 Å². The molecule has 1 aromatic heterocycles. The zero-order valence-electron chi connectivity index (χ0n) is 18.0. The second-order valence-electron chi connectivity index (χ2n) is 8.40. The molecule has 4 rings (SSSR count). The third-order valence-corrected chi connectivity index (χ3v) is 6.53. The molecule has 6 heteroatoms. The third-order valence-electron chi connectivity index (χ3n) is 6.00. The molecule has 0 spiro atoms. The maximum atomic E-state index is 13.0. The normalized spacial score (nSPS) is 14.6. The molecule has 0 radical (unpaired) electrons. The maximum absolute atomic E-state index is 13.0. The van der Waals surface area contributed by atoms with Crippen LogP contribution in [0, 0.1) is 5.82 Å². The van der Waals surface area contributed by atoms with Gasteiger partial charge in [-0.3, -0.25) is 9.69 Å². The highest BCUT2D eigenvalue weighted by Gasteiger charge is 2.23. The van der Waals surface area contributed by atoms with E-state index in [1.807, 2.05) is 6.07 Å². The molecule has 2 aromatic carbocycles. The van der Waals surface area contributed by atoms with E-state index in [4.69, 9.17) is 4.42 Å². The fourth-order valence-electron chi connectivity index (χ4n) is 4.24. The molecule has 1 amide bonds. The highest BCUT2D eigenvalue weighted by atomic mass is 79.9. The van der Waals surface area contributed by atoms with Crippen LogP contribution >= 0.6 is 15.9 Å². The van der Waals surface area contributed by atoms with E-state index in [-0.39, 0.29) is 11.7 Å². The third kappa shape index (κ3) is 6.30. The van der Waals surface area contributed by atoms with Crippen LogP contribution in [0.3, 0.4) is 0 Å². The Labute approximate surface area is 196 Å².